The second-order valence-electron chi connectivity index (χ2n) is 13.4. The van der Waals surface area contributed by atoms with Crippen molar-refractivity contribution < 1.29 is 9.53 Å². The summed E-state index contributed by atoms with van der Waals surface area (Å²) in [4.78, 5) is 23.7. The highest BCUT2D eigenvalue weighted by Gasteiger charge is 2.53. The highest BCUT2D eigenvalue weighted by molar-refractivity contribution is 5.91. The number of hydrogen-bond acceptors (Lipinski definition) is 4. The maximum Gasteiger partial charge on any atom is 0.305 e. The Balaban J connectivity index is 1.46. The zero-order chi connectivity index (χ0) is 31.6. The first kappa shape index (κ1) is 28.6. The second-order valence-corrected chi connectivity index (χ2v) is 13.4. The molecule has 0 amide bonds. The summed E-state index contributed by atoms with van der Waals surface area (Å²) in [5, 5.41) is 2.28. The molecule has 4 heteroatoms. The first-order chi connectivity index (χ1) is 22.4. The standard InChI is InChI=1S/C42H38N2O2/c1-5-19-41(32-21-26(2)14-16-30(32)39-34(41)23-28-10-6-8-12-36(28)43-39)25-42(20-18-38(45)46-4)33-22-27(3)15-17-31(33)40-35(42)24-29-11-7-9-13-37(29)44-40/h6-17,21-24H,5,18-20,25H2,1-4H3/t41-,42+/m1/s1. The summed E-state index contributed by atoms with van der Waals surface area (Å²) < 4.78 is 5.28. The van der Waals surface area contributed by atoms with E-state index in [1.54, 1.807) is 0 Å². The van der Waals surface area contributed by atoms with E-state index in [1.165, 1.54) is 51.6 Å². The number of pyridine rings is 2. The number of benzene rings is 4. The number of ether oxygens (including phenoxy) is 1. The normalized spacial score (nSPS) is 19.1. The number of para-hydroxylation sites is 2. The lowest BCUT2D eigenvalue weighted by atomic mass is 9.59. The Labute approximate surface area is 270 Å². The second kappa shape index (κ2) is 10.6. The van der Waals surface area contributed by atoms with E-state index in [-0.39, 0.29) is 11.4 Å². The third-order valence-corrected chi connectivity index (χ3v) is 10.6. The number of rotatable bonds is 7. The van der Waals surface area contributed by atoms with Crippen LogP contribution in [0.1, 0.15) is 72.4 Å². The van der Waals surface area contributed by atoms with Crippen LogP contribution in [0.5, 0.6) is 0 Å². The Hall–Kier alpha value is -4.83. The van der Waals surface area contributed by atoms with Gasteiger partial charge in [0.2, 0.25) is 0 Å². The van der Waals surface area contributed by atoms with Crippen molar-refractivity contribution in [3.8, 4) is 22.5 Å². The van der Waals surface area contributed by atoms with Gasteiger partial charge in [0.15, 0.2) is 0 Å². The number of methoxy groups -OCH3 is 1. The van der Waals surface area contributed by atoms with Crippen molar-refractivity contribution in [1.29, 1.82) is 0 Å². The van der Waals surface area contributed by atoms with Gasteiger partial charge in [0, 0.05) is 39.2 Å². The molecule has 2 aromatic heterocycles. The fraction of sp³-hybridized carbons (Fsp3) is 0.262. The van der Waals surface area contributed by atoms with Crippen LogP contribution in [0.15, 0.2) is 97.1 Å². The molecule has 0 saturated carbocycles. The van der Waals surface area contributed by atoms with Gasteiger partial charge in [-0.1, -0.05) is 97.3 Å². The molecule has 4 nitrogen and oxygen atoms in total. The minimum Gasteiger partial charge on any atom is -0.469 e. The van der Waals surface area contributed by atoms with Crippen LogP contribution in [0.2, 0.25) is 0 Å². The molecule has 2 heterocycles. The molecule has 0 spiro atoms. The van der Waals surface area contributed by atoms with Crippen molar-refractivity contribution in [2.45, 2.75) is 63.7 Å². The lowest BCUT2D eigenvalue weighted by molar-refractivity contribution is -0.141. The van der Waals surface area contributed by atoms with Crippen molar-refractivity contribution >= 4 is 27.8 Å². The van der Waals surface area contributed by atoms with E-state index in [9.17, 15) is 4.79 Å². The van der Waals surface area contributed by atoms with Crippen molar-refractivity contribution in [3.05, 3.63) is 130 Å². The number of aryl methyl sites for hydroxylation is 2. The number of aromatic nitrogens is 2. The molecule has 0 fully saturated rings. The third-order valence-electron chi connectivity index (χ3n) is 10.6. The van der Waals surface area contributed by atoms with E-state index in [1.807, 2.05) is 0 Å². The SMILES string of the molecule is CCC[C@@]1(C[C@@]2(CCC(=O)OC)c3cc(C)ccc3-c3nc4ccccc4cc32)c2cc(C)ccc2-c2nc3ccccc3cc21. The number of carbonyl (C=O) groups excluding carboxylic acids is 1. The van der Waals surface area contributed by atoms with Gasteiger partial charge in [0.1, 0.15) is 0 Å². The zero-order valence-electron chi connectivity index (χ0n) is 27.0. The van der Waals surface area contributed by atoms with Gasteiger partial charge in [0.05, 0.1) is 29.5 Å². The number of nitrogens with zero attached hydrogens (tertiary/aromatic N) is 2. The summed E-state index contributed by atoms with van der Waals surface area (Å²) in [6.07, 6.45) is 3.73. The van der Waals surface area contributed by atoms with Crippen molar-refractivity contribution in [2.75, 3.05) is 7.11 Å². The molecule has 0 bridgehead atoms. The molecule has 0 saturated heterocycles. The average Bonchev–Trinajstić information content (AvgIpc) is 3.46. The largest absolute Gasteiger partial charge is 0.469 e. The van der Waals surface area contributed by atoms with Crippen LogP contribution in [-0.2, 0) is 20.4 Å². The summed E-state index contributed by atoms with van der Waals surface area (Å²) in [5.41, 5.74) is 13.3. The van der Waals surface area contributed by atoms with Gasteiger partial charge in [-0.15, -0.1) is 0 Å². The van der Waals surface area contributed by atoms with Gasteiger partial charge < -0.3 is 4.74 Å². The quantitative estimate of drug-likeness (QED) is 0.171. The topological polar surface area (TPSA) is 52.1 Å². The molecule has 0 radical (unpaired) electrons. The Bertz CT molecular complexity index is 2200. The third kappa shape index (κ3) is 4.16. The molecule has 2 aliphatic carbocycles. The molecule has 6 aromatic rings. The number of carbonyl (C=O) groups is 1. The molecule has 4 aromatic carbocycles. The fourth-order valence-electron chi connectivity index (χ4n) is 8.64. The lowest BCUT2D eigenvalue weighted by Gasteiger charge is -2.42. The highest BCUT2D eigenvalue weighted by Crippen LogP contribution is 2.62. The van der Waals surface area contributed by atoms with Crippen LogP contribution in [-0.4, -0.2) is 23.0 Å². The van der Waals surface area contributed by atoms with Crippen LogP contribution in [0.3, 0.4) is 0 Å². The van der Waals surface area contributed by atoms with E-state index in [0.29, 0.717) is 12.8 Å². The first-order valence-electron chi connectivity index (χ1n) is 16.5. The summed E-state index contributed by atoms with van der Waals surface area (Å²) >= 11 is 0. The molecular formula is C42H38N2O2. The molecule has 2 aliphatic rings. The van der Waals surface area contributed by atoms with E-state index in [2.05, 4.69) is 118 Å². The summed E-state index contributed by atoms with van der Waals surface area (Å²) in [6.45, 7) is 6.65. The van der Waals surface area contributed by atoms with E-state index >= 15 is 0 Å². The summed E-state index contributed by atoms with van der Waals surface area (Å²) in [5.74, 6) is -0.184. The maximum atomic E-state index is 13.0. The van der Waals surface area contributed by atoms with E-state index < -0.39 is 5.41 Å². The van der Waals surface area contributed by atoms with E-state index in [0.717, 1.165) is 52.5 Å². The Morgan fingerprint density at radius 2 is 1.15 bits per heavy atom. The minimum atomic E-state index is -0.481. The Morgan fingerprint density at radius 1 is 0.652 bits per heavy atom. The minimum absolute atomic E-state index is 0.184. The Morgan fingerprint density at radius 3 is 1.65 bits per heavy atom. The van der Waals surface area contributed by atoms with Crippen LogP contribution >= 0.6 is 0 Å². The molecule has 2 atom stereocenters. The van der Waals surface area contributed by atoms with Gasteiger partial charge in [-0.3, -0.25) is 4.79 Å². The molecule has 0 unspecified atom stereocenters. The lowest BCUT2D eigenvalue weighted by Crippen LogP contribution is -2.38. The predicted octanol–water partition coefficient (Wildman–Crippen LogP) is 9.78. The molecule has 0 aliphatic heterocycles. The van der Waals surface area contributed by atoms with Crippen molar-refractivity contribution in [3.63, 3.8) is 0 Å². The zero-order valence-corrected chi connectivity index (χ0v) is 27.0. The summed E-state index contributed by atoms with van der Waals surface area (Å²) in [7, 11) is 1.49. The van der Waals surface area contributed by atoms with Gasteiger partial charge in [-0.05, 0) is 79.6 Å². The predicted molar refractivity (Wildman–Crippen MR) is 186 cm³/mol. The fourth-order valence-corrected chi connectivity index (χ4v) is 8.64. The van der Waals surface area contributed by atoms with Crippen LogP contribution < -0.4 is 0 Å². The molecule has 8 rings (SSSR count). The Kier molecular flexibility index (Phi) is 6.61. The van der Waals surface area contributed by atoms with Crippen molar-refractivity contribution in [1.82, 2.24) is 9.97 Å². The van der Waals surface area contributed by atoms with Gasteiger partial charge in [-0.25, -0.2) is 9.97 Å². The van der Waals surface area contributed by atoms with Crippen molar-refractivity contribution in [2.24, 2.45) is 0 Å². The van der Waals surface area contributed by atoms with Crippen LogP contribution in [0.4, 0.5) is 0 Å². The van der Waals surface area contributed by atoms with Gasteiger partial charge in [0.25, 0.3) is 0 Å². The monoisotopic (exact) mass is 602 g/mol. The average molecular weight is 603 g/mol. The van der Waals surface area contributed by atoms with E-state index in [4.69, 9.17) is 14.7 Å². The molecular weight excluding hydrogens is 564 g/mol. The molecule has 228 valence electrons. The first-order valence-corrected chi connectivity index (χ1v) is 16.5. The van der Waals surface area contributed by atoms with Crippen LogP contribution in [0, 0.1) is 13.8 Å². The number of fused-ring (bicyclic) bond motifs is 8. The molecule has 46 heavy (non-hydrogen) atoms. The van der Waals surface area contributed by atoms with Crippen LogP contribution in [0.25, 0.3) is 44.3 Å². The highest BCUT2D eigenvalue weighted by atomic mass is 16.5. The smallest absolute Gasteiger partial charge is 0.305 e. The summed E-state index contributed by atoms with van der Waals surface area (Å²) in [6, 6.07) is 35.3. The molecule has 0 N–H and O–H groups in total. The number of esters is 1. The maximum absolute atomic E-state index is 13.0. The van der Waals surface area contributed by atoms with Gasteiger partial charge >= 0.3 is 5.97 Å². The number of hydrogen-bond donors (Lipinski definition) is 0. The van der Waals surface area contributed by atoms with Gasteiger partial charge in [-0.2, -0.15) is 0 Å².